The molecule has 5 aromatic rings. The molecule has 1 amide bonds. The Hall–Kier alpha value is -3.77. The molecule has 162 valence electrons. The van der Waals surface area contributed by atoms with Crippen LogP contribution in [0.3, 0.4) is 0 Å². The third kappa shape index (κ3) is 2.94. The minimum Gasteiger partial charge on any atom is -0.450 e. The Bertz CT molecular complexity index is 1650. The fourth-order valence-electron chi connectivity index (χ4n) is 4.64. The van der Waals surface area contributed by atoms with Crippen LogP contribution in [0.25, 0.3) is 21.2 Å². The summed E-state index contributed by atoms with van der Waals surface area (Å²) in [5, 5.41) is 1.03. The number of rotatable bonds is 2. The first-order valence-corrected chi connectivity index (χ1v) is 11.6. The maximum absolute atomic E-state index is 13.7. The van der Waals surface area contributed by atoms with Crippen molar-refractivity contribution in [3.8, 4) is 0 Å². The van der Waals surface area contributed by atoms with E-state index in [1.165, 1.54) is 11.3 Å². The molecular weight excluding hydrogens is 432 g/mol. The number of carbonyl (C=O) groups excluding carboxylic acids is 1. The van der Waals surface area contributed by atoms with Crippen LogP contribution in [-0.4, -0.2) is 10.9 Å². The van der Waals surface area contributed by atoms with Gasteiger partial charge in [0.25, 0.3) is 5.91 Å². The lowest BCUT2D eigenvalue weighted by Gasteiger charge is -2.22. The zero-order valence-corrected chi connectivity index (χ0v) is 19.2. The van der Waals surface area contributed by atoms with Crippen molar-refractivity contribution < 1.29 is 9.21 Å². The molecule has 0 radical (unpaired) electrons. The topological polar surface area (TPSA) is 63.4 Å². The van der Waals surface area contributed by atoms with E-state index in [4.69, 9.17) is 9.40 Å². The highest BCUT2D eigenvalue weighted by Crippen LogP contribution is 2.44. The average Bonchev–Trinajstić information content (AvgIpc) is 3.34. The van der Waals surface area contributed by atoms with Crippen molar-refractivity contribution in [2.75, 3.05) is 4.90 Å². The molecule has 3 heterocycles. The summed E-state index contributed by atoms with van der Waals surface area (Å²) >= 11 is 1.46. The van der Waals surface area contributed by atoms with E-state index in [0.717, 1.165) is 32.5 Å². The highest BCUT2D eigenvalue weighted by Gasteiger charge is 2.45. The van der Waals surface area contributed by atoms with Crippen LogP contribution in [-0.2, 0) is 0 Å². The van der Waals surface area contributed by atoms with Crippen molar-refractivity contribution in [3.05, 3.63) is 104 Å². The van der Waals surface area contributed by atoms with Crippen molar-refractivity contribution >= 4 is 43.6 Å². The zero-order valence-electron chi connectivity index (χ0n) is 18.4. The average molecular weight is 453 g/mol. The minimum absolute atomic E-state index is 0.0939. The van der Waals surface area contributed by atoms with E-state index in [9.17, 15) is 9.59 Å². The number of carbonyl (C=O) groups is 1. The van der Waals surface area contributed by atoms with Gasteiger partial charge in [-0.05, 0) is 55.7 Å². The number of thiazole rings is 1. The van der Waals surface area contributed by atoms with Gasteiger partial charge in [0, 0.05) is 0 Å². The number of aromatic nitrogens is 1. The van der Waals surface area contributed by atoms with Crippen molar-refractivity contribution in [2.45, 2.75) is 26.8 Å². The molecule has 5 nitrogen and oxygen atoms in total. The molecule has 1 atom stereocenters. The zero-order chi connectivity index (χ0) is 22.9. The molecule has 6 rings (SSSR count). The van der Waals surface area contributed by atoms with E-state index in [0.29, 0.717) is 21.7 Å². The number of hydrogen-bond donors (Lipinski definition) is 0. The van der Waals surface area contributed by atoms with Crippen LogP contribution in [0.5, 0.6) is 0 Å². The van der Waals surface area contributed by atoms with Crippen molar-refractivity contribution in [1.29, 1.82) is 0 Å². The first-order chi connectivity index (χ1) is 15.9. The number of amides is 1. The van der Waals surface area contributed by atoms with Crippen LogP contribution in [0.15, 0.2) is 69.9 Å². The molecule has 0 saturated heterocycles. The maximum atomic E-state index is 13.7. The molecule has 0 aliphatic carbocycles. The van der Waals surface area contributed by atoms with Gasteiger partial charge < -0.3 is 4.42 Å². The summed E-state index contributed by atoms with van der Waals surface area (Å²) in [7, 11) is 0. The summed E-state index contributed by atoms with van der Waals surface area (Å²) in [4.78, 5) is 33.8. The van der Waals surface area contributed by atoms with Crippen LogP contribution in [0.2, 0.25) is 0 Å². The van der Waals surface area contributed by atoms with E-state index in [-0.39, 0.29) is 17.1 Å². The maximum Gasteiger partial charge on any atom is 0.297 e. The third-order valence-corrected chi connectivity index (χ3v) is 7.20. The summed E-state index contributed by atoms with van der Waals surface area (Å²) in [6.07, 6.45) is 0. The van der Waals surface area contributed by atoms with Gasteiger partial charge in [-0.1, -0.05) is 59.4 Å². The fourth-order valence-corrected chi connectivity index (χ4v) is 5.81. The Morgan fingerprint density at radius 2 is 1.70 bits per heavy atom. The van der Waals surface area contributed by atoms with Gasteiger partial charge in [-0.15, -0.1) is 0 Å². The van der Waals surface area contributed by atoms with Gasteiger partial charge in [-0.3, -0.25) is 14.5 Å². The predicted octanol–water partition coefficient (Wildman–Crippen LogP) is 6.08. The van der Waals surface area contributed by atoms with Gasteiger partial charge in [0.05, 0.1) is 27.2 Å². The Labute approximate surface area is 193 Å². The monoisotopic (exact) mass is 452 g/mol. The van der Waals surface area contributed by atoms with Gasteiger partial charge in [0.1, 0.15) is 5.58 Å². The van der Waals surface area contributed by atoms with E-state index in [1.54, 1.807) is 29.2 Å². The van der Waals surface area contributed by atoms with Crippen LogP contribution in [0, 0.1) is 20.8 Å². The van der Waals surface area contributed by atoms with Gasteiger partial charge in [0.15, 0.2) is 10.6 Å². The second kappa shape index (κ2) is 7.12. The van der Waals surface area contributed by atoms with Gasteiger partial charge in [-0.25, -0.2) is 4.98 Å². The molecule has 0 bridgehead atoms. The third-order valence-electron chi connectivity index (χ3n) is 6.20. The number of nitrogens with zero attached hydrogens (tertiary/aromatic N) is 2. The van der Waals surface area contributed by atoms with Crippen LogP contribution in [0.4, 0.5) is 5.13 Å². The number of fused-ring (bicyclic) bond motifs is 3. The van der Waals surface area contributed by atoms with Gasteiger partial charge in [0.2, 0.25) is 5.76 Å². The van der Waals surface area contributed by atoms with E-state index >= 15 is 0 Å². The lowest BCUT2D eigenvalue weighted by Crippen LogP contribution is -2.29. The lowest BCUT2D eigenvalue weighted by atomic mass is 9.98. The molecule has 0 spiro atoms. The number of aryl methyl sites for hydroxylation is 3. The number of hydrogen-bond acceptors (Lipinski definition) is 5. The highest BCUT2D eigenvalue weighted by atomic mass is 32.1. The molecule has 6 heteroatoms. The molecule has 1 aliphatic rings. The van der Waals surface area contributed by atoms with Crippen LogP contribution in [0.1, 0.15) is 44.4 Å². The predicted molar refractivity (Wildman–Crippen MR) is 131 cm³/mol. The molecule has 0 fully saturated rings. The summed E-state index contributed by atoms with van der Waals surface area (Å²) < 4.78 is 7.04. The smallest absolute Gasteiger partial charge is 0.297 e. The lowest BCUT2D eigenvalue weighted by molar-refractivity contribution is 0.0971. The second-order valence-electron chi connectivity index (χ2n) is 8.58. The normalized spacial score (nSPS) is 15.5. The standard InChI is InChI=1S/C27H20N2O3S/c1-14-8-10-17(11-9-14)23-21-24(30)18-6-4-5-7-19(18)32-25(21)26(31)29(23)27-28-22-16(3)12-15(2)13-20(22)33-27/h4-13,23H,1-3H3/t23-/m0/s1. The highest BCUT2D eigenvalue weighted by molar-refractivity contribution is 7.22. The van der Waals surface area contributed by atoms with E-state index < -0.39 is 6.04 Å². The SMILES string of the molecule is Cc1ccc([C@H]2c3c(oc4ccccc4c3=O)C(=O)N2c2nc3c(C)cc(C)cc3s2)cc1. The first kappa shape index (κ1) is 19.9. The van der Waals surface area contributed by atoms with Crippen molar-refractivity contribution in [2.24, 2.45) is 0 Å². The molecule has 3 aromatic carbocycles. The molecule has 2 aromatic heterocycles. The molecule has 0 N–H and O–H groups in total. The number of anilines is 1. The fraction of sp³-hybridized carbons (Fsp3) is 0.148. The number of benzene rings is 3. The molecule has 33 heavy (non-hydrogen) atoms. The second-order valence-corrected chi connectivity index (χ2v) is 9.59. The molecule has 0 saturated carbocycles. The Balaban J connectivity index is 1.64. The summed E-state index contributed by atoms with van der Waals surface area (Å²) in [6, 6.07) is 18.5. The largest absolute Gasteiger partial charge is 0.450 e. The van der Waals surface area contributed by atoms with E-state index in [2.05, 4.69) is 12.1 Å². The van der Waals surface area contributed by atoms with Crippen LogP contribution >= 0.6 is 11.3 Å². The summed E-state index contributed by atoms with van der Waals surface area (Å²) in [5.74, 6) is -0.247. The van der Waals surface area contributed by atoms with Crippen molar-refractivity contribution in [1.82, 2.24) is 4.98 Å². The molecule has 1 aliphatic heterocycles. The summed E-state index contributed by atoms with van der Waals surface area (Å²) in [5.41, 5.74) is 5.63. The van der Waals surface area contributed by atoms with Gasteiger partial charge in [-0.2, -0.15) is 0 Å². The molecular formula is C27H20N2O3S. The number of para-hydroxylation sites is 1. The Morgan fingerprint density at radius 3 is 2.48 bits per heavy atom. The van der Waals surface area contributed by atoms with Crippen LogP contribution < -0.4 is 10.3 Å². The quantitative estimate of drug-likeness (QED) is 0.326. The van der Waals surface area contributed by atoms with E-state index in [1.807, 2.05) is 45.0 Å². The minimum atomic E-state index is -0.601. The molecule has 0 unspecified atom stereocenters. The Kier molecular flexibility index (Phi) is 4.29. The first-order valence-electron chi connectivity index (χ1n) is 10.8. The Morgan fingerprint density at radius 1 is 0.939 bits per heavy atom. The summed E-state index contributed by atoms with van der Waals surface area (Å²) in [6.45, 7) is 6.08. The van der Waals surface area contributed by atoms with Crippen molar-refractivity contribution in [3.63, 3.8) is 0 Å². The van der Waals surface area contributed by atoms with Gasteiger partial charge >= 0.3 is 0 Å².